The molecule has 3 atom stereocenters. The fourth-order valence-electron chi connectivity index (χ4n) is 7.83. The maximum absolute atomic E-state index is 5.37. The van der Waals surface area contributed by atoms with Gasteiger partial charge < -0.3 is 0 Å². The van der Waals surface area contributed by atoms with Crippen LogP contribution in [0.15, 0.2) is 137 Å². The van der Waals surface area contributed by atoms with Crippen molar-refractivity contribution in [1.82, 2.24) is 15.0 Å². The summed E-state index contributed by atoms with van der Waals surface area (Å²) in [6.07, 6.45) is 43.7. The number of hydrogen-bond donors (Lipinski definition) is 0. The molecule has 0 bridgehead atoms. The molecule has 0 saturated heterocycles. The third-order valence-electron chi connectivity index (χ3n) is 10.6. The quantitative estimate of drug-likeness (QED) is 0.307. The minimum Gasteiger partial charge on any atom is -0.252 e. The van der Waals surface area contributed by atoms with Gasteiger partial charge in [0.15, 0.2) is 11.6 Å². The SMILES string of the molecule is C1=CCC(c2nc(C3=CCCC=C3)nc(C3=CC=C(C4CC=C(C5=NC(c6ccccc6)=CCC5C5=CCCC=C5)CC4)CC3)n2)C=C1. The van der Waals surface area contributed by atoms with Crippen LogP contribution in [0.5, 0.6) is 0 Å². The lowest BCUT2D eigenvalue weighted by molar-refractivity contribution is 0.526. The Morgan fingerprint density at radius 3 is 2.25 bits per heavy atom. The summed E-state index contributed by atoms with van der Waals surface area (Å²) in [7, 11) is 0. The van der Waals surface area contributed by atoms with Gasteiger partial charge in [0.05, 0.1) is 11.4 Å². The lowest BCUT2D eigenvalue weighted by Gasteiger charge is -2.31. The number of allylic oxidation sites excluding steroid dienone is 19. The molecule has 3 unspecified atom stereocenters. The summed E-state index contributed by atoms with van der Waals surface area (Å²) in [5.74, 6) is 3.65. The topological polar surface area (TPSA) is 51.0 Å². The first kappa shape index (κ1) is 30.6. The highest BCUT2D eigenvalue weighted by atomic mass is 15.0. The van der Waals surface area contributed by atoms with Crippen LogP contribution in [0.25, 0.3) is 16.8 Å². The van der Waals surface area contributed by atoms with E-state index < -0.39 is 0 Å². The molecule has 1 aromatic heterocycles. The van der Waals surface area contributed by atoms with E-state index in [2.05, 4.69) is 115 Å². The molecule has 0 spiro atoms. The van der Waals surface area contributed by atoms with Crippen molar-refractivity contribution in [3.63, 3.8) is 0 Å². The summed E-state index contributed by atoms with van der Waals surface area (Å²) in [6.45, 7) is 0. The summed E-state index contributed by atoms with van der Waals surface area (Å²) >= 11 is 0. The number of hydrogen-bond acceptors (Lipinski definition) is 4. The Labute approximate surface area is 285 Å². The minimum atomic E-state index is 0.195. The van der Waals surface area contributed by atoms with Crippen LogP contribution in [0.1, 0.15) is 99.6 Å². The third kappa shape index (κ3) is 6.67. The average Bonchev–Trinajstić information content (AvgIpc) is 3.19. The molecule has 8 rings (SSSR count). The maximum Gasteiger partial charge on any atom is 0.163 e. The van der Waals surface area contributed by atoms with Gasteiger partial charge in [-0.2, -0.15) is 0 Å². The number of aliphatic imine (C=N–C) groups is 1. The van der Waals surface area contributed by atoms with E-state index in [4.69, 9.17) is 19.9 Å². The van der Waals surface area contributed by atoms with Crippen LogP contribution in [-0.4, -0.2) is 20.7 Å². The molecule has 0 amide bonds. The molecule has 2 aromatic rings. The average molecular weight is 629 g/mol. The Hall–Kier alpha value is -4.70. The van der Waals surface area contributed by atoms with Crippen LogP contribution in [0.3, 0.4) is 0 Å². The van der Waals surface area contributed by atoms with Gasteiger partial charge in [0, 0.05) is 17.4 Å². The Morgan fingerprint density at radius 2 is 1.52 bits per heavy atom. The molecule has 5 aliphatic carbocycles. The number of nitrogens with zero attached hydrogens (tertiary/aromatic N) is 4. The fourth-order valence-corrected chi connectivity index (χ4v) is 7.83. The summed E-state index contributed by atoms with van der Waals surface area (Å²) in [4.78, 5) is 20.4. The molecular weight excluding hydrogens is 585 g/mol. The van der Waals surface area contributed by atoms with Gasteiger partial charge >= 0.3 is 0 Å². The second-order valence-electron chi connectivity index (χ2n) is 13.7. The molecule has 240 valence electrons. The van der Waals surface area contributed by atoms with Gasteiger partial charge in [-0.1, -0.05) is 121 Å². The first-order valence-electron chi connectivity index (χ1n) is 18.0. The summed E-state index contributed by atoms with van der Waals surface area (Å²) in [5.41, 5.74) is 10.4. The second-order valence-corrected chi connectivity index (χ2v) is 13.7. The van der Waals surface area contributed by atoms with Crippen molar-refractivity contribution in [3.8, 4) is 0 Å². The molecule has 0 radical (unpaired) electrons. The maximum atomic E-state index is 5.37. The van der Waals surface area contributed by atoms with E-state index in [1.807, 2.05) is 0 Å². The van der Waals surface area contributed by atoms with E-state index in [-0.39, 0.29) is 5.92 Å². The van der Waals surface area contributed by atoms with Gasteiger partial charge in [-0.15, -0.1) is 0 Å². The van der Waals surface area contributed by atoms with Crippen molar-refractivity contribution >= 4 is 22.6 Å². The number of rotatable bonds is 7. The first-order chi connectivity index (χ1) is 23.8. The smallest absolute Gasteiger partial charge is 0.163 e. The molecule has 0 saturated carbocycles. The molecule has 1 aliphatic heterocycles. The highest BCUT2D eigenvalue weighted by Gasteiger charge is 2.29. The highest BCUT2D eigenvalue weighted by molar-refractivity contribution is 6.07. The van der Waals surface area contributed by atoms with Crippen molar-refractivity contribution in [1.29, 1.82) is 0 Å². The summed E-state index contributed by atoms with van der Waals surface area (Å²) in [6, 6.07) is 10.7. The van der Waals surface area contributed by atoms with E-state index in [0.29, 0.717) is 11.8 Å². The Morgan fingerprint density at radius 1 is 0.646 bits per heavy atom. The van der Waals surface area contributed by atoms with E-state index >= 15 is 0 Å². The van der Waals surface area contributed by atoms with Crippen LogP contribution in [-0.2, 0) is 0 Å². The predicted molar refractivity (Wildman–Crippen MR) is 199 cm³/mol. The normalized spacial score (nSPS) is 25.3. The molecule has 0 N–H and O–H groups in total. The highest BCUT2D eigenvalue weighted by Crippen LogP contribution is 2.40. The largest absolute Gasteiger partial charge is 0.252 e. The van der Waals surface area contributed by atoms with Crippen molar-refractivity contribution in [2.24, 2.45) is 16.8 Å². The van der Waals surface area contributed by atoms with Gasteiger partial charge in [0.2, 0.25) is 0 Å². The standard InChI is InChI=1S/C44H44N4/c1-5-13-33(14-6-1)39-29-30-40(34-15-7-2-8-16-34)45-41(39)35-25-21-31(22-26-35)32-23-27-38(28-24-32)44-47-42(36-17-9-3-10-18-36)46-43(48-44)37-19-11-4-12-20-37/h2-3,5,7-11,13-17,19-20,23,25,27,30-31,36,39H,1,4,6,12,18,21-22,24,26,28-29H2. The molecule has 2 heterocycles. The fraction of sp³-hybridized carbons (Fsp3) is 0.318. The lowest BCUT2D eigenvalue weighted by Crippen LogP contribution is -2.24. The molecule has 6 aliphatic rings. The van der Waals surface area contributed by atoms with E-state index in [1.54, 1.807) is 5.57 Å². The van der Waals surface area contributed by atoms with E-state index in [0.717, 1.165) is 93.0 Å². The van der Waals surface area contributed by atoms with Crippen LogP contribution in [0.4, 0.5) is 0 Å². The molecule has 4 nitrogen and oxygen atoms in total. The van der Waals surface area contributed by atoms with E-state index in [9.17, 15) is 0 Å². The summed E-state index contributed by atoms with van der Waals surface area (Å²) in [5, 5.41) is 0. The van der Waals surface area contributed by atoms with Crippen molar-refractivity contribution in [2.75, 3.05) is 0 Å². The zero-order valence-corrected chi connectivity index (χ0v) is 27.8. The zero-order chi connectivity index (χ0) is 32.1. The van der Waals surface area contributed by atoms with Crippen molar-refractivity contribution < 1.29 is 0 Å². The Bertz CT molecular complexity index is 1900. The van der Waals surface area contributed by atoms with Crippen molar-refractivity contribution in [3.05, 3.63) is 155 Å². The molecule has 4 heteroatoms. The van der Waals surface area contributed by atoms with Gasteiger partial charge in [0.1, 0.15) is 5.82 Å². The monoisotopic (exact) mass is 628 g/mol. The predicted octanol–water partition coefficient (Wildman–Crippen LogP) is 10.8. The van der Waals surface area contributed by atoms with Crippen LogP contribution in [0.2, 0.25) is 0 Å². The van der Waals surface area contributed by atoms with Gasteiger partial charge in [-0.05, 0) is 98.8 Å². The van der Waals surface area contributed by atoms with Crippen LogP contribution >= 0.6 is 0 Å². The van der Waals surface area contributed by atoms with E-state index in [1.165, 1.54) is 34.4 Å². The summed E-state index contributed by atoms with van der Waals surface area (Å²) < 4.78 is 0. The minimum absolute atomic E-state index is 0.195. The molecule has 48 heavy (non-hydrogen) atoms. The van der Waals surface area contributed by atoms with Crippen molar-refractivity contribution in [2.45, 2.75) is 76.5 Å². The second kappa shape index (κ2) is 14.2. The third-order valence-corrected chi connectivity index (χ3v) is 10.6. The number of aromatic nitrogens is 3. The molecular formula is C44H44N4. The first-order valence-corrected chi connectivity index (χ1v) is 18.0. The van der Waals surface area contributed by atoms with Gasteiger partial charge in [-0.25, -0.2) is 15.0 Å². The van der Waals surface area contributed by atoms with Gasteiger partial charge in [-0.3, -0.25) is 4.99 Å². The Kier molecular flexibility index (Phi) is 9.05. The number of benzene rings is 1. The zero-order valence-electron chi connectivity index (χ0n) is 27.8. The van der Waals surface area contributed by atoms with Crippen LogP contribution in [0, 0.1) is 11.8 Å². The lowest BCUT2D eigenvalue weighted by atomic mass is 9.75. The molecule has 1 aromatic carbocycles. The Balaban J connectivity index is 1.03. The molecule has 0 fully saturated rings. The van der Waals surface area contributed by atoms with Gasteiger partial charge in [0.25, 0.3) is 0 Å². The van der Waals surface area contributed by atoms with Crippen LogP contribution < -0.4 is 0 Å².